The van der Waals surface area contributed by atoms with Gasteiger partial charge in [-0.15, -0.1) is 0 Å². The molecule has 1 aliphatic rings. The van der Waals surface area contributed by atoms with Gasteiger partial charge in [-0.05, 0) is 54.9 Å². The highest BCUT2D eigenvalue weighted by Gasteiger charge is 2.22. The van der Waals surface area contributed by atoms with Gasteiger partial charge in [-0.1, -0.05) is 19.1 Å². The molecule has 1 aliphatic carbocycles. The van der Waals surface area contributed by atoms with Crippen LogP contribution in [0, 0.1) is 13.8 Å². The molecule has 0 heterocycles. The minimum atomic E-state index is 0.264. The van der Waals surface area contributed by atoms with E-state index in [1.165, 1.54) is 28.7 Å². The third kappa shape index (κ3) is 1.46. The van der Waals surface area contributed by atoms with E-state index >= 15 is 0 Å². The van der Waals surface area contributed by atoms with Gasteiger partial charge in [0.25, 0.3) is 0 Å². The zero-order valence-corrected chi connectivity index (χ0v) is 9.30. The van der Waals surface area contributed by atoms with Gasteiger partial charge in [0.15, 0.2) is 0 Å². The predicted octanol–water partition coefficient (Wildman–Crippen LogP) is 3.20. The lowest BCUT2D eigenvalue weighted by atomic mass is 9.80. The van der Waals surface area contributed by atoms with Crippen molar-refractivity contribution in [3.63, 3.8) is 0 Å². The van der Waals surface area contributed by atoms with Crippen molar-refractivity contribution in [2.75, 3.05) is 0 Å². The van der Waals surface area contributed by atoms with E-state index in [2.05, 4.69) is 32.9 Å². The van der Waals surface area contributed by atoms with Gasteiger partial charge >= 0.3 is 0 Å². The molecule has 1 heteroatoms. The van der Waals surface area contributed by atoms with E-state index in [1.807, 2.05) is 0 Å². The maximum atomic E-state index is 6.13. The molecule has 0 saturated carbocycles. The van der Waals surface area contributed by atoms with Gasteiger partial charge < -0.3 is 5.73 Å². The molecule has 0 radical (unpaired) electrons. The highest BCUT2D eigenvalue weighted by atomic mass is 14.6. The molecule has 1 nitrogen and oxygen atoms in total. The molecule has 14 heavy (non-hydrogen) atoms. The zero-order chi connectivity index (χ0) is 10.3. The Morgan fingerprint density at radius 1 is 1.07 bits per heavy atom. The summed E-state index contributed by atoms with van der Waals surface area (Å²) in [6.45, 7) is 6.66. The van der Waals surface area contributed by atoms with Crippen molar-refractivity contribution < 1.29 is 0 Å². The fourth-order valence-electron chi connectivity index (χ4n) is 2.35. The molecule has 0 amide bonds. The first kappa shape index (κ1) is 9.72. The highest BCUT2D eigenvalue weighted by molar-refractivity contribution is 5.42. The minimum Gasteiger partial charge on any atom is -0.324 e. The molecule has 1 unspecified atom stereocenters. The van der Waals surface area contributed by atoms with Crippen molar-refractivity contribution in [3.05, 3.63) is 34.4 Å². The van der Waals surface area contributed by atoms with Crippen LogP contribution >= 0.6 is 0 Å². The molecule has 0 saturated heterocycles. The van der Waals surface area contributed by atoms with Crippen molar-refractivity contribution >= 4 is 0 Å². The monoisotopic (exact) mass is 189 g/mol. The highest BCUT2D eigenvalue weighted by Crippen LogP contribution is 2.37. The summed E-state index contributed by atoms with van der Waals surface area (Å²) >= 11 is 0. The second-order valence-electron chi connectivity index (χ2n) is 4.65. The summed E-state index contributed by atoms with van der Waals surface area (Å²) in [5, 5.41) is 0. The van der Waals surface area contributed by atoms with Crippen LogP contribution in [0.5, 0.6) is 0 Å². The fourth-order valence-corrected chi connectivity index (χ4v) is 2.35. The van der Waals surface area contributed by atoms with Crippen LogP contribution in [0.15, 0.2) is 12.1 Å². The largest absolute Gasteiger partial charge is 0.324 e. The van der Waals surface area contributed by atoms with Crippen LogP contribution in [-0.4, -0.2) is 0 Å². The fraction of sp³-hybridized carbons (Fsp3) is 0.538. The number of fused-ring (bicyclic) bond motifs is 1. The number of nitrogens with two attached hydrogens (primary N) is 1. The van der Waals surface area contributed by atoms with Gasteiger partial charge in [-0.3, -0.25) is 0 Å². The van der Waals surface area contributed by atoms with Gasteiger partial charge in [-0.25, -0.2) is 0 Å². The van der Waals surface area contributed by atoms with E-state index in [0.29, 0.717) is 5.92 Å². The molecular weight excluding hydrogens is 170 g/mol. The molecule has 2 N–H and O–H groups in total. The summed E-state index contributed by atoms with van der Waals surface area (Å²) in [6.07, 6.45) is 2.37. The molecule has 1 aromatic carbocycles. The molecule has 1 aromatic rings. The molecule has 0 fully saturated rings. The quantitative estimate of drug-likeness (QED) is 0.666. The molecule has 0 bridgehead atoms. The average molecular weight is 189 g/mol. The van der Waals surface area contributed by atoms with Crippen LogP contribution in [0.4, 0.5) is 0 Å². The first-order valence-corrected chi connectivity index (χ1v) is 5.46. The van der Waals surface area contributed by atoms with Gasteiger partial charge in [-0.2, -0.15) is 0 Å². The summed E-state index contributed by atoms with van der Waals surface area (Å²) in [5.74, 6) is 0.684. The standard InChI is InChI=1S/C13H19N/c1-8-4-5-13(14)12-7-10(3)9(2)6-11(8)12/h6-8,13H,4-5,14H2,1-3H3/t8?,13-/m0/s1. The number of rotatable bonds is 0. The van der Waals surface area contributed by atoms with Crippen LogP contribution in [0.3, 0.4) is 0 Å². The van der Waals surface area contributed by atoms with Gasteiger partial charge in [0.05, 0.1) is 0 Å². The Hall–Kier alpha value is -0.820. The second kappa shape index (κ2) is 3.39. The van der Waals surface area contributed by atoms with E-state index in [1.54, 1.807) is 0 Å². The van der Waals surface area contributed by atoms with Crippen LogP contribution < -0.4 is 5.73 Å². The lowest BCUT2D eigenvalue weighted by Crippen LogP contribution is -2.19. The Bertz CT molecular complexity index is 319. The van der Waals surface area contributed by atoms with E-state index in [0.717, 1.165) is 6.42 Å². The third-order valence-corrected chi connectivity index (χ3v) is 3.54. The number of hydrogen-bond donors (Lipinski definition) is 1. The molecular formula is C13H19N. The first-order chi connectivity index (χ1) is 6.59. The lowest BCUT2D eigenvalue weighted by molar-refractivity contribution is 0.513. The van der Waals surface area contributed by atoms with Crippen LogP contribution in [0.1, 0.15) is 54.0 Å². The molecule has 0 aromatic heterocycles. The topological polar surface area (TPSA) is 26.0 Å². The Kier molecular flexibility index (Phi) is 2.36. The molecule has 0 spiro atoms. The number of aryl methyl sites for hydroxylation is 2. The van der Waals surface area contributed by atoms with Crippen molar-refractivity contribution in [1.82, 2.24) is 0 Å². The van der Waals surface area contributed by atoms with E-state index < -0.39 is 0 Å². The Morgan fingerprint density at radius 3 is 2.29 bits per heavy atom. The minimum absolute atomic E-state index is 0.264. The van der Waals surface area contributed by atoms with Crippen molar-refractivity contribution in [2.45, 2.75) is 45.6 Å². The summed E-state index contributed by atoms with van der Waals surface area (Å²) < 4.78 is 0. The van der Waals surface area contributed by atoms with E-state index in [4.69, 9.17) is 5.73 Å². The third-order valence-electron chi connectivity index (χ3n) is 3.54. The van der Waals surface area contributed by atoms with Crippen LogP contribution in [0.25, 0.3) is 0 Å². The smallest absolute Gasteiger partial charge is 0.0297 e. The van der Waals surface area contributed by atoms with Gasteiger partial charge in [0.2, 0.25) is 0 Å². The summed E-state index contributed by atoms with van der Waals surface area (Å²) in [4.78, 5) is 0. The van der Waals surface area contributed by atoms with Crippen molar-refractivity contribution in [2.24, 2.45) is 5.73 Å². The number of benzene rings is 1. The maximum absolute atomic E-state index is 6.13. The second-order valence-corrected chi connectivity index (χ2v) is 4.65. The van der Waals surface area contributed by atoms with E-state index in [9.17, 15) is 0 Å². The van der Waals surface area contributed by atoms with Gasteiger partial charge in [0.1, 0.15) is 0 Å². The first-order valence-electron chi connectivity index (χ1n) is 5.46. The van der Waals surface area contributed by atoms with Crippen LogP contribution in [-0.2, 0) is 0 Å². The Morgan fingerprint density at radius 2 is 1.64 bits per heavy atom. The Labute approximate surface area is 86.3 Å². The zero-order valence-electron chi connectivity index (χ0n) is 9.30. The molecule has 0 aliphatic heterocycles. The van der Waals surface area contributed by atoms with E-state index in [-0.39, 0.29) is 6.04 Å². The SMILES string of the molecule is Cc1cc2c(cc1C)[C@@H](N)CCC2C. The predicted molar refractivity (Wildman–Crippen MR) is 60.5 cm³/mol. The molecule has 2 rings (SSSR count). The van der Waals surface area contributed by atoms with Gasteiger partial charge in [0, 0.05) is 6.04 Å². The summed E-state index contributed by atoms with van der Waals surface area (Å²) in [7, 11) is 0. The molecule has 76 valence electrons. The average Bonchev–Trinajstić information content (AvgIpc) is 2.15. The molecule has 2 atom stereocenters. The summed E-state index contributed by atoms with van der Waals surface area (Å²) in [5.41, 5.74) is 11.7. The lowest BCUT2D eigenvalue weighted by Gasteiger charge is -2.28. The van der Waals surface area contributed by atoms with Crippen LogP contribution in [0.2, 0.25) is 0 Å². The van der Waals surface area contributed by atoms with Crippen molar-refractivity contribution in [1.29, 1.82) is 0 Å². The number of hydrogen-bond acceptors (Lipinski definition) is 1. The Balaban J connectivity index is 2.56. The van der Waals surface area contributed by atoms with Crippen molar-refractivity contribution in [3.8, 4) is 0 Å². The normalized spacial score (nSPS) is 26.0. The summed E-state index contributed by atoms with van der Waals surface area (Å²) in [6, 6.07) is 4.87. The maximum Gasteiger partial charge on any atom is 0.0297 e.